The van der Waals surface area contributed by atoms with Crippen LogP contribution in [0.4, 0.5) is 23.1 Å². The molecule has 0 aliphatic rings. The van der Waals surface area contributed by atoms with Crippen molar-refractivity contribution in [2.75, 3.05) is 42.8 Å². The second-order valence-electron chi connectivity index (χ2n) is 6.66. The number of anilines is 4. The highest BCUT2D eigenvalue weighted by atomic mass is 16.5. The predicted molar refractivity (Wildman–Crippen MR) is 116 cm³/mol. The Morgan fingerprint density at radius 1 is 1.03 bits per heavy atom. The SMILES string of the molecule is CN(C)c1cccc(Nc2nc(NCCOc3ccccc3)c3[nH]cnc3n2)c1. The number of benzene rings is 2. The number of hydrogen-bond acceptors (Lipinski definition) is 7. The summed E-state index contributed by atoms with van der Waals surface area (Å²) in [4.78, 5) is 18.5. The van der Waals surface area contributed by atoms with E-state index in [1.54, 1.807) is 6.33 Å². The van der Waals surface area contributed by atoms with Crippen molar-refractivity contribution in [3.05, 3.63) is 60.9 Å². The van der Waals surface area contributed by atoms with Gasteiger partial charge in [-0.25, -0.2) is 4.98 Å². The molecule has 4 rings (SSSR count). The van der Waals surface area contributed by atoms with Crippen molar-refractivity contribution in [2.24, 2.45) is 0 Å². The first-order valence-corrected chi connectivity index (χ1v) is 9.36. The van der Waals surface area contributed by atoms with Gasteiger partial charge in [0.25, 0.3) is 0 Å². The summed E-state index contributed by atoms with van der Waals surface area (Å²) < 4.78 is 5.73. The van der Waals surface area contributed by atoms with Gasteiger partial charge in [-0.1, -0.05) is 24.3 Å². The lowest BCUT2D eigenvalue weighted by molar-refractivity contribution is 0.333. The quantitative estimate of drug-likeness (QED) is 0.396. The van der Waals surface area contributed by atoms with Gasteiger partial charge < -0.3 is 25.3 Å². The lowest BCUT2D eigenvalue weighted by Gasteiger charge is -2.14. The van der Waals surface area contributed by atoms with E-state index in [0.29, 0.717) is 30.6 Å². The van der Waals surface area contributed by atoms with Crippen LogP contribution in [0.1, 0.15) is 0 Å². The summed E-state index contributed by atoms with van der Waals surface area (Å²) in [5, 5.41) is 6.57. The van der Waals surface area contributed by atoms with Crippen molar-refractivity contribution in [1.82, 2.24) is 19.9 Å². The maximum atomic E-state index is 5.73. The van der Waals surface area contributed by atoms with Crippen LogP contribution >= 0.6 is 0 Å². The second kappa shape index (κ2) is 8.47. The molecule has 0 aliphatic heterocycles. The smallest absolute Gasteiger partial charge is 0.231 e. The van der Waals surface area contributed by atoms with Crippen LogP contribution in [-0.2, 0) is 0 Å². The molecule has 2 aromatic heterocycles. The Morgan fingerprint density at radius 2 is 1.90 bits per heavy atom. The van der Waals surface area contributed by atoms with Crippen molar-refractivity contribution in [1.29, 1.82) is 0 Å². The molecule has 0 saturated heterocycles. The summed E-state index contributed by atoms with van der Waals surface area (Å²) in [5.74, 6) is 1.99. The molecule has 0 unspecified atom stereocenters. The Balaban J connectivity index is 1.47. The van der Waals surface area contributed by atoms with E-state index in [9.17, 15) is 0 Å². The molecule has 4 aromatic rings. The molecule has 0 radical (unpaired) electrons. The molecular formula is C21H23N7O. The Hall–Kier alpha value is -3.81. The van der Waals surface area contributed by atoms with Gasteiger partial charge in [0.15, 0.2) is 11.5 Å². The molecule has 0 bridgehead atoms. The van der Waals surface area contributed by atoms with Gasteiger partial charge >= 0.3 is 0 Å². The van der Waals surface area contributed by atoms with Crippen LogP contribution in [-0.4, -0.2) is 47.2 Å². The average molecular weight is 389 g/mol. The van der Waals surface area contributed by atoms with Gasteiger partial charge in [-0.15, -0.1) is 0 Å². The third-order valence-electron chi connectivity index (χ3n) is 4.31. The highest BCUT2D eigenvalue weighted by Gasteiger charge is 2.10. The first-order chi connectivity index (χ1) is 14.2. The zero-order valence-corrected chi connectivity index (χ0v) is 16.4. The maximum Gasteiger partial charge on any atom is 0.231 e. The molecule has 0 aliphatic carbocycles. The van der Waals surface area contributed by atoms with E-state index in [4.69, 9.17) is 4.74 Å². The van der Waals surface area contributed by atoms with E-state index in [1.165, 1.54) is 0 Å². The number of H-pyrrole nitrogens is 1. The van der Waals surface area contributed by atoms with E-state index in [2.05, 4.69) is 30.6 Å². The number of aromatic amines is 1. The zero-order chi connectivity index (χ0) is 20.1. The van der Waals surface area contributed by atoms with Crippen LogP contribution < -0.4 is 20.3 Å². The molecule has 0 amide bonds. The second-order valence-corrected chi connectivity index (χ2v) is 6.66. The van der Waals surface area contributed by atoms with Gasteiger partial charge in [0.2, 0.25) is 5.95 Å². The number of aromatic nitrogens is 4. The van der Waals surface area contributed by atoms with Gasteiger partial charge in [-0.05, 0) is 30.3 Å². The number of fused-ring (bicyclic) bond motifs is 1. The molecule has 3 N–H and O–H groups in total. The van der Waals surface area contributed by atoms with E-state index < -0.39 is 0 Å². The van der Waals surface area contributed by atoms with Crippen LogP contribution in [0.15, 0.2) is 60.9 Å². The number of imidazole rings is 1. The number of nitrogens with one attached hydrogen (secondary N) is 3. The monoisotopic (exact) mass is 389 g/mol. The molecule has 0 atom stereocenters. The molecule has 0 saturated carbocycles. The van der Waals surface area contributed by atoms with Crippen molar-refractivity contribution < 1.29 is 4.74 Å². The minimum Gasteiger partial charge on any atom is -0.492 e. The third-order valence-corrected chi connectivity index (χ3v) is 4.31. The molecule has 8 nitrogen and oxygen atoms in total. The topological polar surface area (TPSA) is 91.0 Å². The standard InChI is InChI=1S/C21H23N7O/c1-28(2)16-8-6-7-15(13-16)25-21-26-19(18-20(27-21)24-14-23-18)22-11-12-29-17-9-4-3-5-10-17/h3-10,13-14H,11-12H2,1-2H3,(H3,22,23,24,25,26,27). The summed E-state index contributed by atoms with van der Waals surface area (Å²) in [7, 11) is 4.01. The van der Waals surface area contributed by atoms with Crippen LogP contribution in [0.3, 0.4) is 0 Å². The third kappa shape index (κ3) is 4.55. The van der Waals surface area contributed by atoms with Crippen LogP contribution in [0.5, 0.6) is 5.75 Å². The van der Waals surface area contributed by atoms with Crippen molar-refractivity contribution >= 4 is 34.3 Å². The Kier molecular flexibility index (Phi) is 5.42. The normalized spacial score (nSPS) is 10.7. The van der Waals surface area contributed by atoms with Crippen molar-refractivity contribution in [3.63, 3.8) is 0 Å². The number of ether oxygens (including phenoxy) is 1. The fourth-order valence-corrected chi connectivity index (χ4v) is 2.86. The van der Waals surface area contributed by atoms with Crippen molar-refractivity contribution in [2.45, 2.75) is 0 Å². The molecule has 148 valence electrons. The Labute approximate surface area is 169 Å². The highest BCUT2D eigenvalue weighted by molar-refractivity contribution is 5.84. The fraction of sp³-hybridized carbons (Fsp3) is 0.190. The van der Waals surface area contributed by atoms with Crippen LogP contribution in [0.2, 0.25) is 0 Å². The maximum absolute atomic E-state index is 5.73. The Bertz CT molecular complexity index is 1080. The number of nitrogens with zero attached hydrogens (tertiary/aromatic N) is 4. The van der Waals surface area contributed by atoms with Gasteiger partial charge in [-0.3, -0.25) is 0 Å². The van der Waals surface area contributed by atoms with Crippen molar-refractivity contribution in [3.8, 4) is 5.75 Å². The molecular weight excluding hydrogens is 366 g/mol. The van der Waals surface area contributed by atoms with Gasteiger partial charge in [0, 0.05) is 25.5 Å². The minimum atomic E-state index is 0.479. The molecule has 0 spiro atoms. The molecule has 0 fully saturated rings. The molecule has 2 heterocycles. The largest absolute Gasteiger partial charge is 0.492 e. The Morgan fingerprint density at radius 3 is 2.72 bits per heavy atom. The first-order valence-electron chi connectivity index (χ1n) is 9.36. The number of para-hydroxylation sites is 1. The minimum absolute atomic E-state index is 0.479. The van der Waals surface area contributed by atoms with Crippen LogP contribution in [0.25, 0.3) is 11.2 Å². The summed E-state index contributed by atoms with van der Waals surface area (Å²) in [6, 6.07) is 17.8. The fourth-order valence-electron chi connectivity index (χ4n) is 2.86. The van der Waals surface area contributed by atoms with E-state index in [1.807, 2.05) is 73.6 Å². The molecule has 2 aromatic carbocycles. The number of rotatable bonds is 8. The predicted octanol–water partition coefficient (Wildman–Crippen LogP) is 3.65. The summed E-state index contributed by atoms with van der Waals surface area (Å²) >= 11 is 0. The average Bonchev–Trinajstić information content (AvgIpc) is 3.21. The highest BCUT2D eigenvalue weighted by Crippen LogP contribution is 2.23. The summed E-state index contributed by atoms with van der Waals surface area (Å²) in [6.07, 6.45) is 1.61. The lowest BCUT2D eigenvalue weighted by atomic mass is 10.2. The van der Waals surface area contributed by atoms with Gasteiger partial charge in [0.1, 0.15) is 17.9 Å². The lowest BCUT2D eigenvalue weighted by Crippen LogP contribution is -2.13. The summed E-state index contributed by atoms with van der Waals surface area (Å²) in [5.41, 5.74) is 3.35. The van der Waals surface area contributed by atoms with Crippen LogP contribution in [0, 0.1) is 0 Å². The van der Waals surface area contributed by atoms with Gasteiger partial charge in [-0.2, -0.15) is 9.97 Å². The summed E-state index contributed by atoms with van der Waals surface area (Å²) in [6.45, 7) is 1.10. The van der Waals surface area contributed by atoms with E-state index >= 15 is 0 Å². The molecule has 29 heavy (non-hydrogen) atoms. The number of hydrogen-bond donors (Lipinski definition) is 3. The van der Waals surface area contributed by atoms with E-state index in [0.717, 1.165) is 22.6 Å². The zero-order valence-electron chi connectivity index (χ0n) is 16.4. The first kappa shape index (κ1) is 18.5. The van der Waals surface area contributed by atoms with E-state index in [-0.39, 0.29) is 0 Å². The van der Waals surface area contributed by atoms with Gasteiger partial charge in [0.05, 0.1) is 12.9 Å². The molecule has 8 heteroatoms.